The van der Waals surface area contributed by atoms with Crippen molar-refractivity contribution in [3.63, 3.8) is 0 Å². The minimum atomic E-state index is 0.603. The summed E-state index contributed by atoms with van der Waals surface area (Å²) in [6.45, 7) is 0. The fraction of sp³-hybridized carbons (Fsp3) is 0. The van der Waals surface area contributed by atoms with Crippen LogP contribution in [0.4, 0.5) is 5.69 Å². The number of rotatable bonds is 2. The lowest BCUT2D eigenvalue weighted by Gasteiger charge is -1.95. The molecule has 0 N–H and O–H groups in total. The molecule has 0 spiro atoms. The summed E-state index contributed by atoms with van der Waals surface area (Å²) in [5.41, 5.74) is 2.29. The largest absolute Gasteiger partial charge is 0.256 e. The third kappa shape index (κ3) is 3.17. The monoisotopic (exact) mass is 240 g/mol. The van der Waals surface area contributed by atoms with E-state index < -0.39 is 0 Å². The summed E-state index contributed by atoms with van der Waals surface area (Å²) in [6.07, 6.45) is 1.72. The van der Waals surface area contributed by atoms with Gasteiger partial charge < -0.3 is 0 Å². The van der Waals surface area contributed by atoms with E-state index in [0.717, 1.165) is 11.3 Å². The van der Waals surface area contributed by atoms with Crippen LogP contribution in [-0.4, -0.2) is 6.21 Å². The van der Waals surface area contributed by atoms with Crippen LogP contribution in [0, 0.1) is 11.3 Å². The lowest BCUT2D eigenvalue weighted by atomic mass is 10.2. The van der Waals surface area contributed by atoms with Crippen LogP contribution in [0.5, 0.6) is 0 Å². The molecule has 0 bridgehead atoms. The number of halogens is 1. The first-order valence-corrected chi connectivity index (χ1v) is 5.45. The molecule has 0 aliphatic rings. The fourth-order valence-corrected chi connectivity index (χ4v) is 1.59. The molecule has 0 aliphatic carbocycles. The van der Waals surface area contributed by atoms with Crippen molar-refractivity contribution >= 4 is 23.5 Å². The highest BCUT2D eigenvalue weighted by atomic mass is 35.5. The highest BCUT2D eigenvalue weighted by molar-refractivity contribution is 6.30. The summed E-state index contributed by atoms with van der Waals surface area (Å²) in [5, 5.41) is 9.44. The summed E-state index contributed by atoms with van der Waals surface area (Å²) in [6, 6.07) is 16.7. The van der Waals surface area contributed by atoms with Gasteiger partial charge in [0, 0.05) is 11.2 Å². The topological polar surface area (TPSA) is 36.1 Å². The number of hydrogen-bond acceptors (Lipinski definition) is 2. The van der Waals surface area contributed by atoms with Gasteiger partial charge in [0.2, 0.25) is 0 Å². The summed E-state index contributed by atoms with van der Waals surface area (Å²) < 4.78 is 0. The van der Waals surface area contributed by atoms with E-state index >= 15 is 0 Å². The van der Waals surface area contributed by atoms with Gasteiger partial charge in [-0.3, -0.25) is 4.99 Å². The van der Waals surface area contributed by atoms with E-state index in [1.54, 1.807) is 18.3 Å². The van der Waals surface area contributed by atoms with Crippen LogP contribution in [0.25, 0.3) is 0 Å². The lowest BCUT2D eigenvalue weighted by Crippen LogP contribution is -1.79. The zero-order chi connectivity index (χ0) is 12.1. The second kappa shape index (κ2) is 5.29. The maximum Gasteiger partial charge on any atom is 0.0992 e. The first-order valence-electron chi connectivity index (χ1n) is 5.08. The van der Waals surface area contributed by atoms with E-state index in [2.05, 4.69) is 11.1 Å². The van der Waals surface area contributed by atoms with Crippen molar-refractivity contribution in [2.75, 3.05) is 0 Å². The van der Waals surface area contributed by atoms with Gasteiger partial charge in [0.15, 0.2) is 0 Å². The Bertz CT molecular complexity index is 597. The van der Waals surface area contributed by atoms with Crippen LogP contribution in [0.3, 0.4) is 0 Å². The van der Waals surface area contributed by atoms with Crippen LogP contribution < -0.4 is 0 Å². The van der Waals surface area contributed by atoms with Crippen molar-refractivity contribution in [1.82, 2.24) is 0 Å². The number of nitriles is 1. The fourth-order valence-electron chi connectivity index (χ4n) is 1.39. The molecule has 0 atom stereocenters. The number of nitrogens with zero attached hydrogens (tertiary/aromatic N) is 2. The van der Waals surface area contributed by atoms with Gasteiger partial charge in [0.05, 0.1) is 17.3 Å². The van der Waals surface area contributed by atoms with Crippen LogP contribution in [0.2, 0.25) is 5.02 Å². The van der Waals surface area contributed by atoms with Gasteiger partial charge in [-0.15, -0.1) is 0 Å². The molecule has 82 valence electrons. The average molecular weight is 241 g/mol. The summed E-state index contributed by atoms with van der Waals surface area (Å²) >= 11 is 5.87. The third-order valence-corrected chi connectivity index (χ3v) is 2.42. The third-order valence-electron chi connectivity index (χ3n) is 2.19. The maximum atomic E-state index is 8.76. The second-order valence-corrected chi connectivity index (χ2v) is 3.91. The Morgan fingerprint density at radius 2 is 1.94 bits per heavy atom. The molecule has 2 aromatic carbocycles. The zero-order valence-corrected chi connectivity index (χ0v) is 9.72. The van der Waals surface area contributed by atoms with Crippen LogP contribution >= 0.6 is 11.6 Å². The highest BCUT2D eigenvalue weighted by Gasteiger charge is 1.93. The van der Waals surface area contributed by atoms with Gasteiger partial charge in [-0.05, 0) is 35.9 Å². The Hall–Kier alpha value is -2.11. The second-order valence-electron chi connectivity index (χ2n) is 3.48. The van der Waals surface area contributed by atoms with Crippen LogP contribution in [0.15, 0.2) is 53.5 Å². The first-order chi connectivity index (χ1) is 8.28. The van der Waals surface area contributed by atoms with Crippen LogP contribution in [0.1, 0.15) is 11.1 Å². The van der Waals surface area contributed by atoms with E-state index in [0.29, 0.717) is 10.6 Å². The Kier molecular flexibility index (Phi) is 3.54. The van der Waals surface area contributed by atoms with E-state index in [9.17, 15) is 0 Å². The summed E-state index contributed by atoms with van der Waals surface area (Å²) in [4.78, 5) is 4.29. The van der Waals surface area contributed by atoms with Gasteiger partial charge in [0.1, 0.15) is 0 Å². The van der Waals surface area contributed by atoms with E-state index in [-0.39, 0.29) is 0 Å². The van der Waals surface area contributed by atoms with E-state index in [4.69, 9.17) is 16.9 Å². The van der Waals surface area contributed by atoms with E-state index in [1.165, 1.54) is 0 Å². The SMILES string of the molecule is N#Cc1cccc(N=Cc2cccc(Cl)c2)c1. The van der Waals surface area contributed by atoms with Crippen molar-refractivity contribution in [1.29, 1.82) is 5.26 Å². The minimum Gasteiger partial charge on any atom is -0.256 e. The molecule has 0 aliphatic heterocycles. The van der Waals surface area contributed by atoms with Crippen molar-refractivity contribution < 1.29 is 0 Å². The Balaban J connectivity index is 2.23. The van der Waals surface area contributed by atoms with Crippen molar-refractivity contribution in [2.45, 2.75) is 0 Å². The number of aliphatic imine (C=N–C) groups is 1. The minimum absolute atomic E-state index is 0.603. The molecular formula is C14H9ClN2. The normalized spacial score (nSPS) is 10.4. The van der Waals surface area contributed by atoms with Gasteiger partial charge in [-0.1, -0.05) is 29.8 Å². The zero-order valence-electron chi connectivity index (χ0n) is 8.97. The first kappa shape index (κ1) is 11.4. The molecule has 0 amide bonds. The Labute approximate surface area is 105 Å². The average Bonchev–Trinajstić information content (AvgIpc) is 2.37. The molecular weight excluding hydrogens is 232 g/mol. The molecule has 2 rings (SSSR count). The highest BCUT2D eigenvalue weighted by Crippen LogP contribution is 2.14. The smallest absolute Gasteiger partial charge is 0.0992 e. The Morgan fingerprint density at radius 3 is 2.71 bits per heavy atom. The molecule has 0 heterocycles. The summed E-state index contributed by atoms with van der Waals surface area (Å²) in [7, 11) is 0. The molecule has 0 unspecified atom stereocenters. The lowest BCUT2D eigenvalue weighted by molar-refractivity contribution is 1.46. The van der Waals surface area contributed by atoms with Gasteiger partial charge >= 0.3 is 0 Å². The Morgan fingerprint density at radius 1 is 1.12 bits per heavy atom. The molecule has 0 fully saturated rings. The van der Waals surface area contributed by atoms with Gasteiger partial charge in [0.25, 0.3) is 0 Å². The number of benzene rings is 2. The molecule has 0 aromatic heterocycles. The molecule has 17 heavy (non-hydrogen) atoms. The van der Waals surface area contributed by atoms with Crippen molar-refractivity contribution in [2.24, 2.45) is 4.99 Å². The molecule has 2 aromatic rings. The van der Waals surface area contributed by atoms with E-state index in [1.807, 2.05) is 36.4 Å². The molecule has 0 saturated heterocycles. The molecule has 0 radical (unpaired) electrons. The van der Waals surface area contributed by atoms with Gasteiger partial charge in [-0.25, -0.2) is 0 Å². The standard InChI is InChI=1S/C14H9ClN2/c15-13-5-1-4-12(7-13)10-17-14-6-2-3-11(8-14)9-16/h1-8,10H. The quantitative estimate of drug-likeness (QED) is 0.732. The van der Waals surface area contributed by atoms with Gasteiger partial charge in [-0.2, -0.15) is 5.26 Å². The molecule has 2 nitrogen and oxygen atoms in total. The molecule has 0 saturated carbocycles. The number of hydrogen-bond donors (Lipinski definition) is 0. The van der Waals surface area contributed by atoms with Crippen molar-refractivity contribution in [3.8, 4) is 6.07 Å². The molecule has 3 heteroatoms. The van der Waals surface area contributed by atoms with Crippen LogP contribution in [-0.2, 0) is 0 Å². The predicted octanol–water partition coefficient (Wildman–Crippen LogP) is 3.96. The predicted molar refractivity (Wildman–Crippen MR) is 69.9 cm³/mol. The summed E-state index contributed by atoms with van der Waals surface area (Å²) in [5.74, 6) is 0. The van der Waals surface area contributed by atoms with Crippen molar-refractivity contribution in [3.05, 3.63) is 64.7 Å². The maximum absolute atomic E-state index is 8.76.